The Morgan fingerprint density at radius 2 is 1.55 bits per heavy atom. The van der Waals surface area contributed by atoms with Crippen LogP contribution in [0.2, 0.25) is 5.02 Å². The number of hydrogen-bond acceptors (Lipinski definition) is 6. The van der Waals surface area contributed by atoms with Crippen molar-refractivity contribution in [3.63, 3.8) is 0 Å². The first-order valence-electron chi connectivity index (χ1n) is 9.62. The van der Waals surface area contributed by atoms with Gasteiger partial charge in [0.2, 0.25) is 0 Å². The van der Waals surface area contributed by atoms with Crippen LogP contribution in [0.25, 0.3) is 0 Å². The fraction of sp³-hybridized carbons (Fsp3) is 0.130. The van der Waals surface area contributed by atoms with Gasteiger partial charge in [0.05, 0.1) is 10.6 Å². The van der Waals surface area contributed by atoms with Crippen LogP contribution in [0.15, 0.2) is 88.7 Å². The van der Waals surface area contributed by atoms with E-state index >= 15 is 0 Å². The van der Waals surface area contributed by atoms with Gasteiger partial charge in [0.1, 0.15) is 0 Å². The molecule has 1 amide bonds. The molecule has 172 valence electrons. The minimum absolute atomic E-state index is 0.170. The Balaban J connectivity index is 1.71. The van der Waals surface area contributed by atoms with Crippen molar-refractivity contribution in [2.24, 2.45) is 0 Å². The minimum Gasteiger partial charge on any atom is -0.479 e. The molecule has 33 heavy (non-hydrogen) atoms. The number of aliphatic carboxylic acids is 1. The molecule has 0 aromatic heterocycles. The zero-order valence-corrected chi connectivity index (χ0v) is 19.5. The molecule has 0 aliphatic heterocycles. The van der Waals surface area contributed by atoms with E-state index in [1.807, 2.05) is 0 Å². The molecule has 3 rings (SSSR count). The number of benzene rings is 3. The third-order valence-electron chi connectivity index (χ3n) is 4.63. The summed E-state index contributed by atoms with van der Waals surface area (Å²) in [5, 5.41) is 23.2. The topological polar surface area (TPSA) is 121 Å². The highest BCUT2D eigenvalue weighted by molar-refractivity contribution is 7.99. The Morgan fingerprint density at radius 1 is 0.939 bits per heavy atom. The Hall–Kier alpha value is -2.85. The number of amides is 1. The van der Waals surface area contributed by atoms with Crippen LogP contribution in [0.3, 0.4) is 0 Å². The van der Waals surface area contributed by atoms with Gasteiger partial charge in [0.25, 0.3) is 5.91 Å². The minimum atomic E-state index is -4.14. The van der Waals surface area contributed by atoms with E-state index in [0.717, 1.165) is 11.8 Å². The SMILES string of the molecule is O=C(Nc1ccc(S(=O)(=O)CC(O)(CSc2ccccc2)C(=O)O)cc1)c1ccc(Cl)cc1. The summed E-state index contributed by atoms with van der Waals surface area (Å²) in [5.41, 5.74) is -1.76. The molecule has 0 aliphatic rings. The van der Waals surface area contributed by atoms with Gasteiger partial charge >= 0.3 is 5.97 Å². The molecule has 7 nitrogen and oxygen atoms in total. The summed E-state index contributed by atoms with van der Waals surface area (Å²) in [5.74, 6) is -3.37. The monoisotopic (exact) mass is 505 g/mol. The van der Waals surface area contributed by atoms with Gasteiger partial charge in [0.15, 0.2) is 15.4 Å². The lowest BCUT2D eigenvalue weighted by Gasteiger charge is -2.23. The molecule has 1 unspecified atom stereocenters. The number of anilines is 1. The number of carboxylic acids is 1. The van der Waals surface area contributed by atoms with Gasteiger partial charge in [0, 0.05) is 26.9 Å². The Morgan fingerprint density at radius 3 is 2.12 bits per heavy atom. The van der Waals surface area contributed by atoms with Crippen molar-refractivity contribution in [3.05, 3.63) is 89.4 Å². The maximum absolute atomic E-state index is 12.8. The number of sulfone groups is 1. The van der Waals surface area contributed by atoms with E-state index in [1.54, 1.807) is 54.6 Å². The standard InChI is InChI=1S/C23H20ClNO6S2/c24-17-8-6-16(7-9-17)21(26)25-18-10-12-20(13-11-18)33(30,31)15-23(29,22(27)28)14-32-19-4-2-1-3-5-19/h1-13,29H,14-15H2,(H,25,26)(H,27,28). The van der Waals surface area contributed by atoms with Crippen LogP contribution >= 0.6 is 23.4 Å². The summed E-state index contributed by atoms with van der Waals surface area (Å²) in [4.78, 5) is 24.5. The second-order valence-electron chi connectivity index (χ2n) is 7.18. The molecular weight excluding hydrogens is 486 g/mol. The average molecular weight is 506 g/mol. The maximum atomic E-state index is 12.8. The summed E-state index contributed by atoms with van der Waals surface area (Å²) in [6.45, 7) is 0. The van der Waals surface area contributed by atoms with E-state index < -0.39 is 33.1 Å². The fourth-order valence-corrected chi connectivity index (χ4v) is 5.64. The van der Waals surface area contributed by atoms with Gasteiger partial charge in [-0.1, -0.05) is 29.8 Å². The van der Waals surface area contributed by atoms with Gasteiger partial charge < -0.3 is 15.5 Å². The van der Waals surface area contributed by atoms with Crippen LogP contribution in [-0.2, 0) is 14.6 Å². The molecule has 3 aromatic rings. The fourth-order valence-electron chi connectivity index (χ4n) is 2.83. The Bertz CT molecular complexity index is 1230. The molecule has 0 heterocycles. The van der Waals surface area contributed by atoms with E-state index in [0.29, 0.717) is 21.2 Å². The molecule has 3 aromatic carbocycles. The highest BCUT2D eigenvalue weighted by Crippen LogP contribution is 2.26. The van der Waals surface area contributed by atoms with Crippen molar-refractivity contribution in [2.45, 2.75) is 15.4 Å². The van der Waals surface area contributed by atoms with Gasteiger partial charge in [-0.15, -0.1) is 11.8 Å². The highest BCUT2D eigenvalue weighted by atomic mass is 35.5. The zero-order valence-electron chi connectivity index (χ0n) is 17.1. The van der Waals surface area contributed by atoms with Crippen molar-refractivity contribution < 1.29 is 28.2 Å². The number of nitrogens with one attached hydrogen (secondary N) is 1. The molecule has 1 atom stereocenters. The summed E-state index contributed by atoms with van der Waals surface area (Å²) < 4.78 is 25.6. The number of carboxylic acid groups (broad SMARTS) is 1. The van der Waals surface area contributed by atoms with Crippen LogP contribution < -0.4 is 5.32 Å². The van der Waals surface area contributed by atoms with Gasteiger partial charge in [-0.2, -0.15) is 0 Å². The summed E-state index contributed by atoms with van der Waals surface area (Å²) >= 11 is 6.86. The highest BCUT2D eigenvalue weighted by Gasteiger charge is 2.41. The van der Waals surface area contributed by atoms with Crippen LogP contribution in [0.4, 0.5) is 5.69 Å². The maximum Gasteiger partial charge on any atom is 0.337 e. The second kappa shape index (κ2) is 10.4. The van der Waals surface area contributed by atoms with E-state index in [-0.39, 0.29) is 10.6 Å². The molecule has 10 heteroatoms. The van der Waals surface area contributed by atoms with E-state index in [9.17, 15) is 28.2 Å². The van der Waals surface area contributed by atoms with Crippen molar-refractivity contribution in [1.82, 2.24) is 0 Å². The number of carbonyl (C=O) groups is 2. The zero-order chi connectivity index (χ0) is 24.1. The number of thioether (sulfide) groups is 1. The van der Waals surface area contributed by atoms with Gasteiger partial charge in [-0.05, 0) is 60.7 Å². The van der Waals surface area contributed by atoms with Crippen LogP contribution in [0.5, 0.6) is 0 Å². The largest absolute Gasteiger partial charge is 0.479 e. The van der Waals surface area contributed by atoms with E-state index in [4.69, 9.17) is 11.6 Å². The van der Waals surface area contributed by atoms with Gasteiger partial charge in [-0.25, -0.2) is 13.2 Å². The molecule has 0 fully saturated rings. The van der Waals surface area contributed by atoms with Crippen LogP contribution in [0.1, 0.15) is 10.4 Å². The number of rotatable bonds is 9. The molecule has 3 N–H and O–H groups in total. The van der Waals surface area contributed by atoms with Crippen molar-refractivity contribution >= 4 is 50.8 Å². The number of aliphatic hydroxyl groups is 1. The lowest BCUT2D eigenvalue weighted by atomic mass is 10.1. The number of halogens is 1. The quantitative estimate of drug-likeness (QED) is 0.376. The smallest absolute Gasteiger partial charge is 0.337 e. The molecule has 0 radical (unpaired) electrons. The first-order chi connectivity index (χ1) is 15.6. The van der Waals surface area contributed by atoms with Crippen molar-refractivity contribution in [1.29, 1.82) is 0 Å². The molecule has 0 saturated heterocycles. The van der Waals surface area contributed by atoms with Crippen LogP contribution in [0, 0.1) is 0 Å². The molecule has 0 aliphatic carbocycles. The summed E-state index contributed by atoms with van der Waals surface area (Å²) in [6, 6.07) is 20.3. The normalized spacial score (nSPS) is 13.2. The summed E-state index contributed by atoms with van der Waals surface area (Å²) in [6.07, 6.45) is 0. The number of carbonyl (C=O) groups excluding carboxylic acids is 1. The Kier molecular flexibility index (Phi) is 7.80. The average Bonchev–Trinajstić information content (AvgIpc) is 2.79. The summed E-state index contributed by atoms with van der Waals surface area (Å²) in [7, 11) is -4.14. The van der Waals surface area contributed by atoms with Crippen molar-refractivity contribution in [2.75, 3.05) is 16.8 Å². The second-order valence-corrected chi connectivity index (χ2v) is 10.7. The molecule has 0 bridgehead atoms. The number of hydrogen-bond donors (Lipinski definition) is 3. The predicted molar refractivity (Wildman–Crippen MR) is 128 cm³/mol. The first-order valence-corrected chi connectivity index (χ1v) is 12.6. The predicted octanol–water partition coefficient (Wildman–Crippen LogP) is 3.97. The van der Waals surface area contributed by atoms with Crippen LogP contribution in [-0.4, -0.2) is 47.6 Å². The molecule has 0 spiro atoms. The molecular formula is C23H20ClNO6S2. The van der Waals surface area contributed by atoms with E-state index in [1.165, 1.54) is 24.3 Å². The third-order valence-corrected chi connectivity index (χ3v) is 7.95. The molecule has 0 saturated carbocycles. The van der Waals surface area contributed by atoms with E-state index in [2.05, 4.69) is 5.32 Å². The Labute approximate surface area is 200 Å². The lowest BCUT2D eigenvalue weighted by Crippen LogP contribution is -2.47. The van der Waals surface area contributed by atoms with Gasteiger partial charge in [-0.3, -0.25) is 4.79 Å². The first kappa shape index (κ1) is 24.8. The lowest BCUT2D eigenvalue weighted by molar-refractivity contribution is -0.153. The van der Waals surface area contributed by atoms with Crippen molar-refractivity contribution in [3.8, 4) is 0 Å². The third kappa shape index (κ3) is 6.58.